The average molecular weight is 356 g/mol. The lowest BCUT2D eigenvalue weighted by Gasteiger charge is -2.11. The van der Waals surface area contributed by atoms with Gasteiger partial charge in [0, 0.05) is 15.4 Å². The van der Waals surface area contributed by atoms with Crippen LogP contribution in [-0.4, -0.2) is 5.11 Å². The molecule has 1 atom stereocenters. The van der Waals surface area contributed by atoms with Crippen molar-refractivity contribution in [3.05, 3.63) is 68.6 Å². The number of hydrogen-bond acceptors (Lipinski definition) is 1. The molecule has 0 spiro atoms. The molecule has 0 radical (unpaired) electrons. The van der Waals surface area contributed by atoms with Crippen molar-refractivity contribution in [2.75, 3.05) is 0 Å². The highest BCUT2D eigenvalue weighted by Crippen LogP contribution is 2.21. The zero-order chi connectivity index (χ0) is 12.3. The summed E-state index contributed by atoms with van der Waals surface area (Å²) in [6.45, 7) is 0. The Labute approximate surface area is 118 Å². The number of benzene rings is 2. The lowest BCUT2D eigenvalue weighted by atomic mass is 10.0. The molecule has 0 fully saturated rings. The molecule has 0 aliphatic carbocycles. The molecular formula is C14H12Br2O. The predicted molar refractivity (Wildman–Crippen MR) is 76.9 cm³/mol. The molecule has 0 bridgehead atoms. The van der Waals surface area contributed by atoms with Crippen LogP contribution in [0.4, 0.5) is 0 Å². The third kappa shape index (κ3) is 3.66. The van der Waals surface area contributed by atoms with E-state index in [0.29, 0.717) is 6.42 Å². The maximum atomic E-state index is 10.1. The van der Waals surface area contributed by atoms with Crippen LogP contribution in [0.1, 0.15) is 17.2 Å². The first-order chi connectivity index (χ1) is 8.15. The smallest absolute Gasteiger partial charge is 0.0830 e. The average Bonchev–Trinajstić information content (AvgIpc) is 2.33. The van der Waals surface area contributed by atoms with E-state index in [-0.39, 0.29) is 0 Å². The lowest BCUT2D eigenvalue weighted by molar-refractivity contribution is 0.178. The predicted octanol–water partition coefficient (Wildman–Crippen LogP) is 4.49. The van der Waals surface area contributed by atoms with Gasteiger partial charge in [-0.2, -0.15) is 0 Å². The van der Waals surface area contributed by atoms with Crippen LogP contribution in [0.2, 0.25) is 0 Å². The molecule has 0 amide bonds. The first-order valence-electron chi connectivity index (χ1n) is 5.33. The topological polar surface area (TPSA) is 20.2 Å². The van der Waals surface area contributed by atoms with Crippen molar-refractivity contribution in [3.8, 4) is 0 Å². The Morgan fingerprint density at radius 3 is 1.82 bits per heavy atom. The summed E-state index contributed by atoms with van der Waals surface area (Å²) >= 11 is 6.78. The number of rotatable bonds is 3. The van der Waals surface area contributed by atoms with Gasteiger partial charge in [0.05, 0.1) is 6.10 Å². The van der Waals surface area contributed by atoms with Gasteiger partial charge >= 0.3 is 0 Å². The fraction of sp³-hybridized carbons (Fsp3) is 0.143. The van der Waals surface area contributed by atoms with Gasteiger partial charge in [-0.1, -0.05) is 56.1 Å². The summed E-state index contributed by atoms with van der Waals surface area (Å²) in [5.41, 5.74) is 2.07. The molecule has 88 valence electrons. The van der Waals surface area contributed by atoms with E-state index in [0.717, 1.165) is 20.1 Å². The lowest BCUT2D eigenvalue weighted by Crippen LogP contribution is -2.01. The van der Waals surface area contributed by atoms with Crippen LogP contribution in [0.5, 0.6) is 0 Å². The second-order valence-electron chi connectivity index (χ2n) is 3.90. The van der Waals surface area contributed by atoms with Gasteiger partial charge in [-0.3, -0.25) is 0 Å². The molecule has 1 nitrogen and oxygen atoms in total. The van der Waals surface area contributed by atoms with Crippen molar-refractivity contribution in [1.82, 2.24) is 0 Å². The first kappa shape index (κ1) is 12.8. The molecule has 17 heavy (non-hydrogen) atoms. The first-order valence-corrected chi connectivity index (χ1v) is 6.92. The fourth-order valence-electron chi connectivity index (χ4n) is 1.65. The Balaban J connectivity index is 2.08. The molecule has 0 aliphatic heterocycles. The number of aliphatic hydroxyl groups excluding tert-OH is 1. The van der Waals surface area contributed by atoms with Gasteiger partial charge in [-0.15, -0.1) is 0 Å². The Morgan fingerprint density at radius 1 is 0.824 bits per heavy atom. The van der Waals surface area contributed by atoms with Crippen LogP contribution in [0.3, 0.4) is 0 Å². The van der Waals surface area contributed by atoms with Gasteiger partial charge in [-0.05, 0) is 35.4 Å². The third-order valence-corrected chi connectivity index (χ3v) is 3.65. The third-order valence-electron chi connectivity index (χ3n) is 2.60. The molecule has 2 rings (SSSR count). The van der Waals surface area contributed by atoms with E-state index in [4.69, 9.17) is 0 Å². The molecule has 0 aromatic heterocycles. The SMILES string of the molecule is OC(Cc1ccc(Br)cc1)c1ccc(Br)cc1. The van der Waals surface area contributed by atoms with Crippen molar-refractivity contribution in [2.45, 2.75) is 12.5 Å². The molecule has 1 unspecified atom stereocenters. The standard InChI is InChI=1S/C14H12Br2O/c15-12-5-1-10(2-6-12)9-14(17)11-3-7-13(16)8-4-11/h1-8,14,17H,9H2. The minimum absolute atomic E-state index is 0.454. The summed E-state index contributed by atoms with van der Waals surface area (Å²) in [7, 11) is 0. The highest BCUT2D eigenvalue weighted by atomic mass is 79.9. The molecule has 2 aromatic rings. The summed E-state index contributed by atoms with van der Waals surface area (Å²) < 4.78 is 2.08. The summed E-state index contributed by atoms with van der Waals surface area (Å²) in [6, 6.07) is 15.8. The van der Waals surface area contributed by atoms with E-state index < -0.39 is 6.10 Å². The Bertz CT molecular complexity index is 477. The zero-order valence-corrected chi connectivity index (χ0v) is 12.3. The van der Waals surface area contributed by atoms with Gasteiger partial charge in [-0.25, -0.2) is 0 Å². The van der Waals surface area contributed by atoms with Crippen molar-refractivity contribution in [2.24, 2.45) is 0 Å². The van der Waals surface area contributed by atoms with Gasteiger partial charge in [0.2, 0.25) is 0 Å². The Hall–Kier alpha value is -0.640. The summed E-state index contributed by atoms with van der Waals surface area (Å²) in [4.78, 5) is 0. The molecule has 0 saturated carbocycles. The zero-order valence-electron chi connectivity index (χ0n) is 9.11. The van der Waals surface area contributed by atoms with Crippen molar-refractivity contribution >= 4 is 31.9 Å². The van der Waals surface area contributed by atoms with E-state index in [9.17, 15) is 5.11 Å². The quantitative estimate of drug-likeness (QED) is 0.860. The molecule has 0 heterocycles. The monoisotopic (exact) mass is 354 g/mol. The van der Waals surface area contributed by atoms with Gasteiger partial charge in [0.15, 0.2) is 0 Å². The van der Waals surface area contributed by atoms with Crippen molar-refractivity contribution in [3.63, 3.8) is 0 Å². The van der Waals surface area contributed by atoms with E-state index >= 15 is 0 Å². The Kier molecular flexibility index (Phi) is 4.37. The second-order valence-corrected chi connectivity index (χ2v) is 5.73. The highest BCUT2D eigenvalue weighted by Gasteiger charge is 2.08. The minimum Gasteiger partial charge on any atom is -0.388 e. The van der Waals surface area contributed by atoms with E-state index in [1.807, 2.05) is 48.5 Å². The number of halogens is 2. The van der Waals surface area contributed by atoms with Gasteiger partial charge < -0.3 is 5.11 Å². The molecule has 1 N–H and O–H groups in total. The second kappa shape index (κ2) is 5.80. The van der Waals surface area contributed by atoms with Crippen molar-refractivity contribution in [1.29, 1.82) is 0 Å². The normalized spacial score (nSPS) is 12.4. The van der Waals surface area contributed by atoms with Gasteiger partial charge in [0.1, 0.15) is 0 Å². The van der Waals surface area contributed by atoms with E-state index in [1.54, 1.807) is 0 Å². The maximum Gasteiger partial charge on any atom is 0.0830 e. The minimum atomic E-state index is -0.454. The summed E-state index contributed by atoms with van der Waals surface area (Å²) in [5, 5.41) is 10.1. The molecular weight excluding hydrogens is 344 g/mol. The molecule has 3 heteroatoms. The van der Waals surface area contributed by atoms with Crippen LogP contribution in [0, 0.1) is 0 Å². The number of aliphatic hydroxyl groups is 1. The Morgan fingerprint density at radius 2 is 1.29 bits per heavy atom. The van der Waals surface area contributed by atoms with E-state index in [1.165, 1.54) is 0 Å². The molecule has 0 saturated heterocycles. The molecule has 0 aliphatic rings. The van der Waals surface area contributed by atoms with Crippen molar-refractivity contribution < 1.29 is 5.11 Å². The van der Waals surface area contributed by atoms with Crippen LogP contribution in [0.25, 0.3) is 0 Å². The molecule has 2 aromatic carbocycles. The van der Waals surface area contributed by atoms with Crippen LogP contribution in [-0.2, 0) is 6.42 Å². The van der Waals surface area contributed by atoms with Gasteiger partial charge in [0.25, 0.3) is 0 Å². The maximum absolute atomic E-state index is 10.1. The van der Waals surface area contributed by atoms with E-state index in [2.05, 4.69) is 31.9 Å². The number of hydrogen-bond donors (Lipinski definition) is 1. The highest BCUT2D eigenvalue weighted by molar-refractivity contribution is 9.10. The summed E-state index contributed by atoms with van der Waals surface area (Å²) in [5.74, 6) is 0. The van der Waals surface area contributed by atoms with Crippen LogP contribution in [0.15, 0.2) is 57.5 Å². The largest absolute Gasteiger partial charge is 0.388 e. The summed E-state index contributed by atoms with van der Waals surface area (Å²) in [6.07, 6.45) is 0.179. The fourth-order valence-corrected chi connectivity index (χ4v) is 2.18. The van der Waals surface area contributed by atoms with Crippen LogP contribution < -0.4 is 0 Å². The van der Waals surface area contributed by atoms with Crippen LogP contribution >= 0.6 is 31.9 Å².